The molecule has 0 unspecified atom stereocenters. The number of hydrogen-bond acceptors (Lipinski definition) is 5. The van der Waals surface area contributed by atoms with Gasteiger partial charge in [0.25, 0.3) is 5.69 Å². The predicted octanol–water partition coefficient (Wildman–Crippen LogP) is 5.72. The first-order valence-corrected chi connectivity index (χ1v) is 9.67. The van der Waals surface area contributed by atoms with E-state index in [1.54, 1.807) is 18.2 Å². The van der Waals surface area contributed by atoms with Crippen LogP contribution in [0.15, 0.2) is 79.0 Å². The lowest BCUT2D eigenvalue weighted by Gasteiger charge is -2.14. The maximum atomic E-state index is 14.2. The molecule has 0 atom stereocenters. The van der Waals surface area contributed by atoms with E-state index >= 15 is 0 Å². The predicted molar refractivity (Wildman–Crippen MR) is 117 cm³/mol. The minimum atomic E-state index is -0.798. The average Bonchev–Trinajstić information content (AvgIpc) is 2.75. The molecule has 3 aromatic carbocycles. The van der Waals surface area contributed by atoms with Gasteiger partial charge in [-0.05, 0) is 42.4 Å². The van der Waals surface area contributed by atoms with Gasteiger partial charge in [-0.1, -0.05) is 36.4 Å². The number of non-ortho nitro benzene ring substituents is 1. The lowest BCUT2D eigenvalue weighted by Crippen LogP contribution is -2.01. The van der Waals surface area contributed by atoms with Gasteiger partial charge in [-0.15, -0.1) is 0 Å². The first-order valence-electron chi connectivity index (χ1n) is 9.67. The van der Waals surface area contributed by atoms with E-state index in [1.165, 1.54) is 12.1 Å². The van der Waals surface area contributed by atoms with Crippen molar-refractivity contribution >= 4 is 5.69 Å². The zero-order valence-corrected chi connectivity index (χ0v) is 17.3. The summed E-state index contributed by atoms with van der Waals surface area (Å²) in [6.45, 7) is 0.419. The zero-order valence-electron chi connectivity index (χ0n) is 17.3. The van der Waals surface area contributed by atoms with E-state index in [0.29, 0.717) is 24.5 Å². The second kappa shape index (κ2) is 10.2. The van der Waals surface area contributed by atoms with E-state index in [4.69, 9.17) is 9.47 Å². The van der Waals surface area contributed by atoms with Crippen LogP contribution >= 0.6 is 0 Å². The van der Waals surface area contributed by atoms with Crippen LogP contribution in [0, 0.1) is 15.9 Å². The van der Waals surface area contributed by atoms with Crippen LogP contribution in [0.5, 0.6) is 17.2 Å². The van der Waals surface area contributed by atoms with E-state index in [-0.39, 0.29) is 11.4 Å². The molecule has 0 aliphatic rings. The van der Waals surface area contributed by atoms with Crippen molar-refractivity contribution in [2.24, 2.45) is 0 Å². The highest BCUT2D eigenvalue weighted by molar-refractivity contribution is 5.45. The van der Waals surface area contributed by atoms with Gasteiger partial charge in [0.2, 0.25) is 0 Å². The molecule has 6 nitrogen and oxygen atoms in total. The van der Waals surface area contributed by atoms with Crippen LogP contribution in [0.2, 0.25) is 0 Å². The van der Waals surface area contributed by atoms with Crippen molar-refractivity contribution in [1.29, 1.82) is 0 Å². The van der Waals surface area contributed by atoms with Crippen LogP contribution in [0.4, 0.5) is 10.1 Å². The Morgan fingerprint density at radius 3 is 2.45 bits per heavy atom. The molecule has 0 heterocycles. The topological polar surface area (TPSA) is 64.8 Å². The molecular formula is C24H23FN2O4. The van der Waals surface area contributed by atoms with Gasteiger partial charge in [-0.3, -0.25) is 10.1 Å². The molecule has 31 heavy (non-hydrogen) atoms. The maximum Gasteiger partial charge on any atom is 0.272 e. The number of halogens is 1. The van der Waals surface area contributed by atoms with Gasteiger partial charge in [0.15, 0.2) is 11.6 Å². The molecule has 0 saturated carbocycles. The van der Waals surface area contributed by atoms with E-state index in [2.05, 4.69) is 0 Å². The summed E-state index contributed by atoms with van der Waals surface area (Å²) < 4.78 is 25.8. The second-order valence-electron chi connectivity index (χ2n) is 7.07. The summed E-state index contributed by atoms with van der Waals surface area (Å²) in [6, 6.07) is 18.4. The summed E-state index contributed by atoms with van der Waals surface area (Å²) in [7, 11) is 3.86. The molecule has 7 heteroatoms. The van der Waals surface area contributed by atoms with Gasteiger partial charge >= 0.3 is 0 Å². The zero-order chi connectivity index (χ0) is 22.2. The standard InChI is InChI=1S/C24H23FN2O4/c1-26(2)14-6-9-19-15-21(31-24-12-10-20(27(28)29)16-22(24)25)11-13-23(19)30-17-18-7-4-3-5-8-18/h3-8,10-16H,9,17H2,1-2H3/b14-6+. The molecule has 3 rings (SSSR count). The summed E-state index contributed by atoms with van der Waals surface area (Å²) in [5.41, 5.74) is 1.59. The lowest BCUT2D eigenvalue weighted by atomic mass is 10.1. The number of nitro benzene ring substituents is 1. The number of nitro groups is 1. The first kappa shape index (κ1) is 21.8. The fourth-order valence-electron chi connectivity index (χ4n) is 2.86. The van der Waals surface area contributed by atoms with E-state index in [9.17, 15) is 14.5 Å². The molecule has 0 bridgehead atoms. The largest absolute Gasteiger partial charge is 0.489 e. The Kier molecular flexibility index (Phi) is 7.22. The van der Waals surface area contributed by atoms with E-state index in [0.717, 1.165) is 17.2 Å². The smallest absolute Gasteiger partial charge is 0.272 e. The number of allylic oxidation sites excluding steroid dienone is 1. The Balaban J connectivity index is 1.82. The second-order valence-corrected chi connectivity index (χ2v) is 7.07. The fourth-order valence-corrected chi connectivity index (χ4v) is 2.86. The third kappa shape index (κ3) is 6.30. The highest BCUT2D eigenvalue weighted by Crippen LogP contribution is 2.31. The monoisotopic (exact) mass is 422 g/mol. The molecule has 160 valence electrons. The van der Waals surface area contributed by atoms with Crippen LogP contribution in [0.25, 0.3) is 0 Å². The van der Waals surface area contributed by atoms with Crippen LogP contribution in [-0.2, 0) is 13.0 Å². The Morgan fingerprint density at radius 2 is 1.77 bits per heavy atom. The summed E-state index contributed by atoms with van der Waals surface area (Å²) >= 11 is 0. The fraction of sp³-hybridized carbons (Fsp3) is 0.167. The summed E-state index contributed by atoms with van der Waals surface area (Å²) in [5, 5.41) is 10.8. The van der Waals surface area contributed by atoms with E-state index < -0.39 is 10.7 Å². The Morgan fingerprint density at radius 1 is 1.03 bits per heavy atom. The van der Waals surface area contributed by atoms with Gasteiger partial charge in [-0.25, -0.2) is 4.39 Å². The number of benzene rings is 3. The minimum Gasteiger partial charge on any atom is -0.489 e. The van der Waals surface area contributed by atoms with Crippen molar-refractivity contribution < 1.29 is 18.8 Å². The van der Waals surface area contributed by atoms with Crippen molar-refractivity contribution in [1.82, 2.24) is 4.90 Å². The maximum absolute atomic E-state index is 14.2. The molecule has 0 spiro atoms. The Bertz CT molecular complexity index is 1070. The third-order valence-electron chi connectivity index (χ3n) is 4.36. The summed E-state index contributed by atoms with van der Waals surface area (Å²) in [5.74, 6) is 0.225. The number of ether oxygens (including phenoxy) is 2. The molecule has 0 amide bonds. The Hall–Kier alpha value is -3.87. The quantitative estimate of drug-likeness (QED) is 0.326. The molecule has 0 radical (unpaired) electrons. The van der Waals surface area contributed by atoms with Crippen molar-refractivity contribution in [3.63, 3.8) is 0 Å². The highest BCUT2D eigenvalue weighted by Gasteiger charge is 2.13. The SMILES string of the molecule is CN(C)/C=C/Cc1cc(Oc2ccc([N+](=O)[O-])cc2F)ccc1OCc1ccccc1. The molecule has 0 aromatic heterocycles. The normalized spacial score (nSPS) is 10.8. The third-order valence-corrected chi connectivity index (χ3v) is 4.36. The molecule has 0 aliphatic carbocycles. The van der Waals surface area contributed by atoms with Gasteiger partial charge in [0.1, 0.15) is 18.1 Å². The average molecular weight is 422 g/mol. The lowest BCUT2D eigenvalue weighted by molar-refractivity contribution is -0.385. The molecule has 0 fully saturated rings. The number of rotatable bonds is 9. The van der Waals surface area contributed by atoms with Crippen molar-refractivity contribution in [2.45, 2.75) is 13.0 Å². The summed E-state index contributed by atoms with van der Waals surface area (Å²) in [6.07, 6.45) is 4.51. The summed E-state index contributed by atoms with van der Waals surface area (Å²) in [4.78, 5) is 12.1. The Labute approximate surface area is 180 Å². The van der Waals surface area contributed by atoms with Crippen LogP contribution in [0.1, 0.15) is 11.1 Å². The van der Waals surface area contributed by atoms with Crippen molar-refractivity contribution in [3.8, 4) is 17.2 Å². The van der Waals surface area contributed by atoms with Crippen molar-refractivity contribution in [2.75, 3.05) is 14.1 Å². The van der Waals surface area contributed by atoms with Gasteiger partial charge < -0.3 is 14.4 Å². The molecule has 3 aromatic rings. The molecule has 0 saturated heterocycles. The minimum absolute atomic E-state index is 0.0849. The van der Waals surface area contributed by atoms with Gasteiger partial charge in [-0.2, -0.15) is 0 Å². The van der Waals surface area contributed by atoms with Crippen LogP contribution < -0.4 is 9.47 Å². The van der Waals surface area contributed by atoms with Gasteiger partial charge in [0.05, 0.1) is 11.0 Å². The first-order chi connectivity index (χ1) is 14.9. The molecule has 0 aliphatic heterocycles. The van der Waals surface area contributed by atoms with Crippen LogP contribution in [-0.4, -0.2) is 23.9 Å². The van der Waals surface area contributed by atoms with Crippen molar-refractivity contribution in [3.05, 3.63) is 106 Å². The van der Waals surface area contributed by atoms with E-state index in [1.807, 2.05) is 61.6 Å². The van der Waals surface area contributed by atoms with Gasteiger partial charge in [0, 0.05) is 25.7 Å². The highest BCUT2D eigenvalue weighted by atomic mass is 19.1. The van der Waals surface area contributed by atoms with Crippen LogP contribution in [0.3, 0.4) is 0 Å². The molecule has 0 N–H and O–H groups in total. The number of hydrogen-bond donors (Lipinski definition) is 0. The number of nitrogens with zero attached hydrogens (tertiary/aromatic N) is 2. The molecular weight excluding hydrogens is 399 g/mol.